The van der Waals surface area contributed by atoms with Crippen LogP contribution in [0.2, 0.25) is 5.02 Å². The molecule has 8 heteroatoms. The molecular formula is C11H12ClN3O4. The Morgan fingerprint density at radius 3 is 2.58 bits per heavy atom. The molecule has 2 N–H and O–H groups in total. The average Bonchev–Trinajstić information content (AvgIpc) is 2.34. The summed E-state index contributed by atoms with van der Waals surface area (Å²) in [6.07, 6.45) is 0. The number of nitrogens with two attached hydrogens (primary N) is 1. The second-order valence-electron chi connectivity index (χ2n) is 3.68. The van der Waals surface area contributed by atoms with Crippen LogP contribution in [0, 0.1) is 10.1 Å². The Kier molecular flexibility index (Phi) is 4.82. The molecule has 0 saturated heterocycles. The minimum absolute atomic E-state index is 0.0287. The van der Waals surface area contributed by atoms with Crippen molar-refractivity contribution in [2.75, 3.05) is 13.1 Å². The lowest BCUT2D eigenvalue weighted by Gasteiger charge is -2.19. The van der Waals surface area contributed by atoms with Crippen molar-refractivity contribution in [1.82, 2.24) is 4.90 Å². The van der Waals surface area contributed by atoms with Crippen molar-refractivity contribution in [3.8, 4) is 0 Å². The van der Waals surface area contributed by atoms with Crippen LogP contribution in [0.15, 0.2) is 18.2 Å². The smallest absolute Gasteiger partial charge is 0.288 e. The van der Waals surface area contributed by atoms with Crippen LogP contribution in [0.1, 0.15) is 17.3 Å². The molecule has 0 unspecified atom stereocenters. The highest BCUT2D eigenvalue weighted by Gasteiger charge is 2.23. The van der Waals surface area contributed by atoms with Gasteiger partial charge in [0.05, 0.1) is 17.0 Å². The Morgan fingerprint density at radius 2 is 2.11 bits per heavy atom. The van der Waals surface area contributed by atoms with Crippen LogP contribution in [0.3, 0.4) is 0 Å². The lowest BCUT2D eigenvalue weighted by Crippen LogP contribution is -2.38. The Bertz CT molecular complexity index is 533. The zero-order valence-corrected chi connectivity index (χ0v) is 10.9. The van der Waals surface area contributed by atoms with Gasteiger partial charge in [-0.15, -0.1) is 0 Å². The second-order valence-corrected chi connectivity index (χ2v) is 4.06. The Hall–Kier alpha value is -2.15. The van der Waals surface area contributed by atoms with Crippen molar-refractivity contribution >= 4 is 29.1 Å². The summed E-state index contributed by atoms with van der Waals surface area (Å²) >= 11 is 5.83. The van der Waals surface area contributed by atoms with E-state index in [1.807, 2.05) is 0 Å². The minimum Gasteiger partial charge on any atom is -0.368 e. The molecule has 1 aromatic rings. The van der Waals surface area contributed by atoms with E-state index in [1.54, 1.807) is 6.92 Å². The van der Waals surface area contributed by atoms with Gasteiger partial charge in [0.25, 0.3) is 11.6 Å². The van der Waals surface area contributed by atoms with Crippen LogP contribution < -0.4 is 5.73 Å². The molecule has 0 heterocycles. The SMILES string of the molecule is CCN(CC(N)=O)C(=O)c1cccc([N+](=O)[O-])c1Cl. The van der Waals surface area contributed by atoms with E-state index >= 15 is 0 Å². The van der Waals surface area contributed by atoms with Gasteiger partial charge in [0.15, 0.2) is 0 Å². The molecule has 7 nitrogen and oxygen atoms in total. The lowest BCUT2D eigenvalue weighted by molar-refractivity contribution is -0.384. The zero-order chi connectivity index (χ0) is 14.6. The molecule has 1 aromatic carbocycles. The molecule has 19 heavy (non-hydrogen) atoms. The molecule has 0 spiro atoms. The maximum atomic E-state index is 12.1. The fourth-order valence-electron chi connectivity index (χ4n) is 1.51. The number of halogens is 1. The maximum absolute atomic E-state index is 12.1. The molecular weight excluding hydrogens is 274 g/mol. The van der Waals surface area contributed by atoms with Crippen LogP contribution in [0.5, 0.6) is 0 Å². The highest BCUT2D eigenvalue weighted by Crippen LogP contribution is 2.28. The molecule has 0 saturated carbocycles. The molecule has 0 aromatic heterocycles. The third-order valence-electron chi connectivity index (χ3n) is 2.42. The fourth-order valence-corrected chi connectivity index (χ4v) is 1.79. The first-order valence-electron chi connectivity index (χ1n) is 5.39. The van der Waals surface area contributed by atoms with Gasteiger partial charge >= 0.3 is 0 Å². The first kappa shape index (κ1) is 14.9. The number of primary amides is 1. The summed E-state index contributed by atoms with van der Waals surface area (Å²) in [5.41, 5.74) is 4.64. The number of carbonyl (C=O) groups is 2. The van der Waals surface area contributed by atoms with Gasteiger partial charge in [-0.1, -0.05) is 17.7 Å². The van der Waals surface area contributed by atoms with Gasteiger partial charge in [-0.3, -0.25) is 19.7 Å². The molecule has 0 aliphatic carbocycles. The van der Waals surface area contributed by atoms with Crippen LogP contribution in [0.25, 0.3) is 0 Å². The van der Waals surface area contributed by atoms with E-state index in [0.717, 1.165) is 4.90 Å². The quantitative estimate of drug-likeness (QED) is 0.648. The van der Waals surface area contributed by atoms with Gasteiger partial charge in [-0.05, 0) is 13.0 Å². The van der Waals surface area contributed by atoms with Crippen LogP contribution >= 0.6 is 11.6 Å². The van der Waals surface area contributed by atoms with Gasteiger partial charge in [0.1, 0.15) is 5.02 Å². The van der Waals surface area contributed by atoms with Gasteiger partial charge in [-0.2, -0.15) is 0 Å². The predicted molar refractivity (Wildman–Crippen MR) is 68.9 cm³/mol. The van der Waals surface area contributed by atoms with Crippen molar-refractivity contribution in [2.24, 2.45) is 5.73 Å². The maximum Gasteiger partial charge on any atom is 0.288 e. The molecule has 0 atom stereocenters. The minimum atomic E-state index is -0.677. The summed E-state index contributed by atoms with van der Waals surface area (Å²) in [7, 11) is 0. The Morgan fingerprint density at radius 1 is 1.47 bits per heavy atom. The highest BCUT2D eigenvalue weighted by atomic mass is 35.5. The van der Waals surface area contributed by atoms with Crippen molar-refractivity contribution in [1.29, 1.82) is 0 Å². The average molecular weight is 286 g/mol. The van der Waals surface area contributed by atoms with Crippen LogP contribution in [0.4, 0.5) is 5.69 Å². The van der Waals surface area contributed by atoms with E-state index in [9.17, 15) is 19.7 Å². The monoisotopic (exact) mass is 285 g/mol. The molecule has 0 fully saturated rings. The van der Waals surface area contributed by atoms with Crippen molar-refractivity contribution < 1.29 is 14.5 Å². The molecule has 0 bridgehead atoms. The summed E-state index contributed by atoms with van der Waals surface area (Å²) in [5, 5.41) is 10.5. The van der Waals surface area contributed by atoms with Crippen LogP contribution in [-0.2, 0) is 4.79 Å². The molecule has 1 rings (SSSR count). The largest absolute Gasteiger partial charge is 0.368 e. The van der Waals surface area contributed by atoms with E-state index in [0.29, 0.717) is 0 Å². The zero-order valence-electron chi connectivity index (χ0n) is 10.1. The van der Waals surface area contributed by atoms with Gasteiger partial charge in [-0.25, -0.2) is 0 Å². The van der Waals surface area contributed by atoms with Crippen molar-refractivity contribution in [3.63, 3.8) is 0 Å². The molecule has 0 aliphatic rings. The standard InChI is InChI=1S/C11H12ClN3O4/c1-2-14(6-9(13)16)11(17)7-4-3-5-8(10(7)12)15(18)19/h3-5H,2,6H2,1H3,(H2,13,16). The van der Waals surface area contributed by atoms with Gasteiger partial charge < -0.3 is 10.6 Å². The number of rotatable bonds is 5. The summed E-state index contributed by atoms with van der Waals surface area (Å²) in [5.74, 6) is -1.24. The van der Waals surface area contributed by atoms with E-state index in [1.165, 1.54) is 18.2 Å². The number of carbonyl (C=O) groups excluding carboxylic acids is 2. The van der Waals surface area contributed by atoms with E-state index in [2.05, 4.69) is 0 Å². The highest BCUT2D eigenvalue weighted by molar-refractivity contribution is 6.35. The van der Waals surface area contributed by atoms with E-state index in [4.69, 9.17) is 17.3 Å². The first-order valence-corrected chi connectivity index (χ1v) is 5.76. The molecule has 102 valence electrons. The Labute approximate surface area is 114 Å². The summed E-state index contributed by atoms with van der Waals surface area (Å²) < 4.78 is 0. The fraction of sp³-hybridized carbons (Fsp3) is 0.273. The summed E-state index contributed by atoms with van der Waals surface area (Å²) in [6.45, 7) is 1.63. The second kappa shape index (κ2) is 6.14. The van der Waals surface area contributed by atoms with Crippen molar-refractivity contribution in [3.05, 3.63) is 38.9 Å². The first-order chi connectivity index (χ1) is 8.88. The molecule has 0 radical (unpaired) electrons. The number of amides is 2. The molecule has 0 aliphatic heterocycles. The topological polar surface area (TPSA) is 107 Å². The van der Waals surface area contributed by atoms with Crippen LogP contribution in [-0.4, -0.2) is 34.7 Å². The lowest BCUT2D eigenvalue weighted by atomic mass is 10.1. The Balaban J connectivity index is 3.15. The van der Waals surface area contributed by atoms with E-state index < -0.39 is 16.7 Å². The van der Waals surface area contributed by atoms with E-state index in [-0.39, 0.29) is 29.4 Å². The number of likely N-dealkylation sites (N-methyl/N-ethyl adjacent to an activating group) is 1. The third kappa shape index (κ3) is 3.41. The number of nitrogens with zero attached hydrogens (tertiary/aromatic N) is 2. The number of hydrogen-bond donors (Lipinski definition) is 1. The number of benzene rings is 1. The van der Waals surface area contributed by atoms with Crippen molar-refractivity contribution in [2.45, 2.75) is 6.92 Å². The number of nitro benzene ring substituents is 1. The summed E-state index contributed by atoms with van der Waals surface area (Å²) in [4.78, 5) is 34.2. The summed E-state index contributed by atoms with van der Waals surface area (Å²) in [6, 6.07) is 3.92. The van der Waals surface area contributed by atoms with Gasteiger partial charge in [0, 0.05) is 12.6 Å². The molecule has 2 amide bonds. The normalized spacial score (nSPS) is 10.0. The van der Waals surface area contributed by atoms with Gasteiger partial charge in [0.2, 0.25) is 5.91 Å². The number of hydrogen-bond acceptors (Lipinski definition) is 4. The number of nitro groups is 1. The predicted octanol–water partition coefficient (Wildman–Crippen LogP) is 1.20. The third-order valence-corrected chi connectivity index (χ3v) is 2.82.